The van der Waals surface area contributed by atoms with Crippen molar-refractivity contribution in [3.8, 4) is 0 Å². The maximum atomic E-state index is 13.0. The van der Waals surface area contributed by atoms with E-state index < -0.39 is 29.5 Å². The molecular formula is C17H19F6N3O. The number of benzene rings is 1. The minimum Gasteiger partial charge on any atom is -0.385 e. The van der Waals surface area contributed by atoms with Crippen molar-refractivity contribution in [2.24, 2.45) is 0 Å². The first-order valence-corrected chi connectivity index (χ1v) is 8.09. The van der Waals surface area contributed by atoms with Crippen LogP contribution in [0.4, 0.5) is 32.2 Å². The summed E-state index contributed by atoms with van der Waals surface area (Å²) in [4.78, 5) is 0. The average molecular weight is 395 g/mol. The van der Waals surface area contributed by atoms with Crippen molar-refractivity contribution in [3.63, 3.8) is 0 Å². The Hall–Kier alpha value is -2.23. The van der Waals surface area contributed by atoms with E-state index in [9.17, 15) is 26.3 Å². The van der Waals surface area contributed by atoms with Crippen LogP contribution in [-0.4, -0.2) is 23.5 Å². The number of halogens is 6. The summed E-state index contributed by atoms with van der Waals surface area (Å²) in [5, 5.41) is 7.02. The van der Waals surface area contributed by atoms with Crippen LogP contribution in [0.5, 0.6) is 0 Å². The van der Waals surface area contributed by atoms with Crippen LogP contribution in [0.25, 0.3) is 0 Å². The molecule has 27 heavy (non-hydrogen) atoms. The van der Waals surface area contributed by atoms with Gasteiger partial charge in [0.05, 0.1) is 17.2 Å². The summed E-state index contributed by atoms with van der Waals surface area (Å²) >= 11 is 0. The molecule has 10 heteroatoms. The van der Waals surface area contributed by atoms with Gasteiger partial charge in [-0.3, -0.25) is 4.68 Å². The predicted molar refractivity (Wildman–Crippen MR) is 87.2 cm³/mol. The Labute approximate surface area is 152 Å². The van der Waals surface area contributed by atoms with Crippen molar-refractivity contribution >= 4 is 5.82 Å². The highest BCUT2D eigenvalue weighted by molar-refractivity contribution is 5.41. The number of nitrogens with zero attached hydrogens (tertiary/aromatic N) is 2. The van der Waals surface area contributed by atoms with Crippen molar-refractivity contribution in [3.05, 3.63) is 47.2 Å². The highest BCUT2D eigenvalue weighted by Crippen LogP contribution is 2.37. The normalized spacial score (nSPS) is 13.6. The molecule has 1 N–H and O–H groups in total. The maximum Gasteiger partial charge on any atom is 0.416 e. The Morgan fingerprint density at radius 1 is 1.07 bits per heavy atom. The molecule has 1 aromatic heterocycles. The summed E-state index contributed by atoms with van der Waals surface area (Å²) < 4.78 is 84.3. The number of rotatable bonds is 7. The molecule has 1 heterocycles. The van der Waals surface area contributed by atoms with E-state index in [1.165, 1.54) is 6.92 Å². The third-order valence-electron chi connectivity index (χ3n) is 3.85. The first-order chi connectivity index (χ1) is 12.5. The third-order valence-corrected chi connectivity index (χ3v) is 3.85. The lowest BCUT2D eigenvalue weighted by molar-refractivity contribution is -0.143. The Kier molecular flexibility index (Phi) is 6.40. The highest BCUT2D eigenvalue weighted by Gasteiger charge is 2.37. The van der Waals surface area contributed by atoms with Crippen LogP contribution in [0, 0.1) is 0 Å². The van der Waals surface area contributed by atoms with E-state index in [4.69, 9.17) is 4.74 Å². The minimum absolute atomic E-state index is 0.112. The zero-order chi connectivity index (χ0) is 20.2. The minimum atomic E-state index is -4.88. The standard InChI is InChI=1S/C17H19F6N3O/c1-11(24-15-4-6-26(25-15)5-3-7-27-2)12-8-13(16(18,19)20)10-14(9-12)17(21,22)23/h4,6,8-11H,3,5,7H2,1-2H3,(H,24,25)/t11-/m1/s1. The fraction of sp³-hybridized carbons (Fsp3) is 0.471. The van der Waals surface area contributed by atoms with Gasteiger partial charge in [-0.05, 0) is 37.1 Å². The maximum absolute atomic E-state index is 13.0. The fourth-order valence-corrected chi connectivity index (χ4v) is 2.47. The predicted octanol–water partition coefficient (Wildman–Crippen LogP) is 5.13. The second kappa shape index (κ2) is 8.20. The number of hydrogen-bond donors (Lipinski definition) is 1. The molecule has 0 aliphatic carbocycles. The van der Waals surface area contributed by atoms with Crippen LogP contribution in [0.1, 0.15) is 36.1 Å². The van der Waals surface area contributed by atoms with E-state index in [0.29, 0.717) is 31.1 Å². The summed E-state index contributed by atoms with van der Waals surface area (Å²) in [7, 11) is 1.57. The number of hydrogen-bond acceptors (Lipinski definition) is 3. The molecule has 0 bridgehead atoms. The number of ether oxygens (including phenoxy) is 1. The number of anilines is 1. The van der Waals surface area contributed by atoms with Crippen LogP contribution in [0.3, 0.4) is 0 Å². The van der Waals surface area contributed by atoms with Crippen LogP contribution in [-0.2, 0) is 23.6 Å². The smallest absolute Gasteiger partial charge is 0.385 e. The van der Waals surface area contributed by atoms with Crippen LogP contribution >= 0.6 is 0 Å². The lowest BCUT2D eigenvalue weighted by atomic mass is 10.0. The molecule has 0 fully saturated rings. The summed E-state index contributed by atoms with van der Waals surface area (Å²) in [6.45, 7) is 2.59. The van der Waals surface area contributed by atoms with Crippen molar-refractivity contribution < 1.29 is 31.1 Å². The Balaban J connectivity index is 2.21. The SMILES string of the molecule is COCCCn1ccc(N[C@H](C)c2cc(C(F)(F)F)cc(C(F)(F)F)c2)n1. The monoisotopic (exact) mass is 395 g/mol. The first-order valence-electron chi connectivity index (χ1n) is 8.09. The first kappa shape index (κ1) is 21.1. The largest absolute Gasteiger partial charge is 0.416 e. The summed E-state index contributed by atoms with van der Waals surface area (Å²) in [6.07, 6.45) is -7.37. The number of aromatic nitrogens is 2. The van der Waals surface area contributed by atoms with Gasteiger partial charge in [-0.2, -0.15) is 31.4 Å². The number of nitrogens with one attached hydrogen (secondary N) is 1. The highest BCUT2D eigenvalue weighted by atomic mass is 19.4. The van der Waals surface area contributed by atoms with Gasteiger partial charge in [-0.1, -0.05) is 0 Å². The molecule has 1 aromatic carbocycles. The molecule has 0 amide bonds. The average Bonchev–Trinajstić information content (AvgIpc) is 3.00. The van der Waals surface area contributed by atoms with E-state index in [0.717, 1.165) is 6.42 Å². The fourth-order valence-electron chi connectivity index (χ4n) is 2.47. The van der Waals surface area contributed by atoms with Crippen LogP contribution in [0.15, 0.2) is 30.5 Å². The molecule has 1 atom stereocenters. The Morgan fingerprint density at radius 3 is 2.19 bits per heavy atom. The van der Waals surface area contributed by atoms with Gasteiger partial charge in [0.1, 0.15) is 5.82 Å². The van der Waals surface area contributed by atoms with Crippen molar-refractivity contribution in [1.82, 2.24) is 9.78 Å². The van der Waals surface area contributed by atoms with Crippen LogP contribution in [0.2, 0.25) is 0 Å². The lowest BCUT2D eigenvalue weighted by Gasteiger charge is -2.18. The molecule has 2 aromatic rings. The van der Waals surface area contributed by atoms with Gasteiger partial charge in [0, 0.05) is 32.5 Å². The molecule has 150 valence electrons. The molecule has 0 saturated carbocycles. The molecule has 0 radical (unpaired) electrons. The van der Waals surface area contributed by atoms with Gasteiger partial charge >= 0.3 is 12.4 Å². The van der Waals surface area contributed by atoms with Gasteiger partial charge in [-0.15, -0.1) is 0 Å². The molecule has 0 unspecified atom stereocenters. The molecule has 2 rings (SSSR count). The number of methoxy groups -OCH3 is 1. The van der Waals surface area contributed by atoms with E-state index >= 15 is 0 Å². The summed E-state index contributed by atoms with van der Waals surface area (Å²) in [6, 6.07) is 2.32. The molecule has 0 saturated heterocycles. The third kappa shape index (κ3) is 5.88. The van der Waals surface area contributed by atoms with Gasteiger partial charge in [0.2, 0.25) is 0 Å². The zero-order valence-electron chi connectivity index (χ0n) is 14.7. The Bertz CT molecular complexity index is 722. The topological polar surface area (TPSA) is 39.1 Å². The molecule has 0 aliphatic rings. The second-order valence-corrected chi connectivity index (χ2v) is 6.02. The molecular weight excluding hydrogens is 376 g/mol. The van der Waals surface area contributed by atoms with E-state index in [2.05, 4.69) is 10.4 Å². The zero-order valence-corrected chi connectivity index (χ0v) is 14.7. The van der Waals surface area contributed by atoms with Crippen LogP contribution < -0.4 is 5.32 Å². The Morgan fingerprint density at radius 2 is 1.67 bits per heavy atom. The van der Waals surface area contributed by atoms with Crippen molar-refractivity contribution in [2.75, 3.05) is 19.0 Å². The van der Waals surface area contributed by atoms with E-state index in [1.54, 1.807) is 24.1 Å². The second-order valence-electron chi connectivity index (χ2n) is 6.02. The lowest BCUT2D eigenvalue weighted by Crippen LogP contribution is -2.15. The number of aryl methyl sites for hydroxylation is 1. The van der Waals surface area contributed by atoms with Gasteiger partial charge in [0.25, 0.3) is 0 Å². The molecule has 4 nitrogen and oxygen atoms in total. The van der Waals surface area contributed by atoms with Gasteiger partial charge in [-0.25, -0.2) is 0 Å². The van der Waals surface area contributed by atoms with Gasteiger partial charge < -0.3 is 10.1 Å². The summed E-state index contributed by atoms with van der Waals surface area (Å²) in [5.41, 5.74) is -2.82. The quantitative estimate of drug-likeness (QED) is 0.522. The van der Waals surface area contributed by atoms with E-state index in [1.807, 2.05) is 0 Å². The molecule has 0 spiro atoms. The van der Waals surface area contributed by atoms with Crippen molar-refractivity contribution in [1.29, 1.82) is 0 Å². The molecule has 0 aliphatic heterocycles. The van der Waals surface area contributed by atoms with Gasteiger partial charge in [0.15, 0.2) is 0 Å². The van der Waals surface area contributed by atoms with Crippen molar-refractivity contribution in [2.45, 2.75) is 38.3 Å². The summed E-state index contributed by atoms with van der Waals surface area (Å²) in [5.74, 6) is 0.353. The van der Waals surface area contributed by atoms with E-state index in [-0.39, 0.29) is 11.6 Å². The number of alkyl halides is 6.